The van der Waals surface area contributed by atoms with Gasteiger partial charge in [0.25, 0.3) is 0 Å². The van der Waals surface area contributed by atoms with Crippen molar-refractivity contribution < 1.29 is 9.90 Å². The molecule has 0 aromatic carbocycles. The molecule has 12 heavy (non-hydrogen) atoms. The minimum absolute atomic E-state index is 0.0863. The van der Waals surface area contributed by atoms with E-state index >= 15 is 0 Å². The number of aliphatic carboxylic acids is 1. The summed E-state index contributed by atoms with van der Waals surface area (Å²) in [5, 5.41) is 12.2. The van der Waals surface area contributed by atoms with E-state index in [9.17, 15) is 4.79 Å². The highest BCUT2D eigenvalue weighted by Crippen LogP contribution is 2.33. The summed E-state index contributed by atoms with van der Waals surface area (Å²) >= 11 is 0. The van der Waals surface area contributed by atoms with E-state index in [0.717, 1.165) is 31.7 Å². The van der Waals surface area contributed by atoms with E-state index in [0.29, 0.717) is 6.04 Å². The molecule has 3 heteroatoms. The number of nitrogens with one attached hydrogen (secondary N) is 1. The molecule has 3 atom stereocenters. The van der Waals surface area contributed by atoms with Gasteiger partial charge in [-0.15, -0.1) is 0 Å². The summed E-state index contributed by atoms with van der Waals surface area (Å²) in [7, 11) is 0. The van der Waals surface area contributed by atoms with Gasteiger partial charge in [0.05, 0.1) is 5.92 Å². The zero-order valence-electron chi connectivity index (χ0n) is 7.12. The van der Waals surface area contributed by atoms with E-state index in [1.807, 2.05) is 0 Å². The number of rotatable bonds is 1. The Morgan fingerprint density at radius 2 is 2.17 bits per heavy atom. The SMILES string of the molecule is O=C(O)C1CCC2CCNC2C1. The Balaban J connectivity index is 1.96. The lowest BCUT2D eigenvalue weighted by Gasteiger charge is -2.29. The fourth-order valence-electron chi connectivity index (χ4n) is 2.51. The molecule has 1 aliphatic carbocycles. The molecule has 0 aromatic rings. The Morgan fingerprint density at radius 3 is 2.92 bits per heavy atom. The second-order valence-electron chi connectivity index (χ2n) is 3.96. The predicted molar refractivity (Wildman–Crippen MR) is 44.9 cm³/mol. The van der Waals surface area contributed by atoms with Gasteiger partial charge in [-0.05, 0) is 38.1 Å². The van der Waals surface area contributed by atoms with Gasteiger partial charge in [0.2, 0.25) is 0 Å². The van der Waals surface area contributed by atoms with E-state index in [1.165, 1.54) is 6.42 Å². The van der Waals surface area contributed by atoms with Crippen molar-refractivity contribution in [2.24, 2.45) is 11.8 Å². The Labute approximate surface area is 72.2 Å². The summed E-state index contributed by atoms with van der Waals surface area (Å²) < 4.78 is 0. The van der Waals surface area contributed by atoms with Crippen LogP contribution in [-0.2, 0) is 4.79 Å². The Bertz CT molecular complexity index is 193. The number of hydrogen-bond acceptors (Lipinski definition) is 2. The van der Waals surface area contributed by atoms with Crippen molar-refractivity contribution in [3.63, 3.8) is 0 Å². The molecule has 1 aliphatic heterocycles. The highest BCUT2D eigenvalue weighted by molar-refractivity contribution is 5.70. The van der Waals surface area contributed by atoms with Gasteiger partial charge in [-0.3, -0.25) is 4.79 Å². The van der Waals surface area contributed by atoms with Crippen LogP contribution < -0.4 is 5.32 Å². The lowest BCUT2D eigenvalue weighted by Crippen LogP contribution is -2.36. The van der Waals surface area contributed by atoms with E-state index in [1.54, 1.807) is 0 Å². The predicted octanol–water partition coefficient (Wildman–Crippen LogP) is 0.849. The molecule has 1 heterocycles. The largest absolute Gasteiger partial charge is 0.481 e. The van der Waals surface area contributed by atoms with E-state index in [4.69, 9.17) is 5.11 Å². The molecule has 3 unspecified atom stereocenters. The van der Waals surface area contributed by atoms with Gasteiger partial charge < -0.3 is 10.4 Å². The molecule has 0 radical (unpaired) electrons. The second-order valence-corrected chi connectivity index (χ2v) is 3.96. The normalized spacial score (nSPS) is 40.8. The highest BCUT2D eigenvalue weighted by Gasteiger charge is 2.35. The summed E-state index contributed by atoms with van der Waals surface area (Å²) in [6, 6.07) is 0.500. The second kappa shape index (κ2) is 3.05. The first-order valence-electron chi connectivity index (χ1n) is 4.73. The van der Waals surface area contributed by atoms with Crippen LogP contribution in [0.2, 0.25) is 0 Å². The van der Waals surface area contributed by atoms with Crippen LogP contribution in [0, 0.1) is 11.8 Å². The number of fused-ring (bicyclic) bond motifs is 1. The zero-order valence-corrected chi connectivity index (χ0v) is 7.12. The van der Waals surface area contributed by atoms with Crippen molar-refractivity contribution in [1.29, 1.82) is 0 Å². The van der Waals surface area contributed by atoms with Crippen molar-refractivity contribution in [3.05, 3.63) is 0 Å². The standard InChI is InChI=1S/C9H15NO2/c11-9(12)7-2-1-6-3-4-10-8(6)5-7/h6-8,10H,1-5H2,(H,11,12). The molecule has 0 bridgehead atoms. The lowest BCUT2D eigenvalue weighted by molar-refractivity contribution is -0.143. The van der Waals surface area contributed by atoms with Crippen LogP contribution in [0.5, 0.6) is 0 Å². The van der Waals surface area contributed by atoms with Gasteiger partial charge in [0.1, 0.15) is 0 Å². The number of carbonyl (C=O) groups is 1. The van der Waals surface area contributed by atoms with Gasteiger partial charge in [-0.2, -0.15) is 0 Å². The van der Waals surface area contributed by atoms with Crippen molar-refractivity contribution in [3.8, 4) is 0 Å². The molecule has 0 amide bonds. The molecular formula is C9H15NO2. The molecular weight excluding hydrogens is 154 g/mol. The maximum atomic E-state index is 10.7. The summed E-state index contributed by atoms with van der Waals surface area (Å²) in [4.78, 5) is 10.7. The maximum absolute atomic E-state index is 10.7. The first kappa shape index (κ1) is 8.05. The Morgan fingerprint density at radius 1 is 1.33 bits per heavy atom. The van der Waals surface area contributed by atoms with Gasteiger partial charge in [0, 0.05) is 6.04 Å². The first-order valence-corrected chi connectivity index (χ1v) is 4.73. The van der Waals surface area contributed by atoms with Crippen molar-refractivity contribution in [2.75, 3.05) is 6.54 Å². The van der Waals surface area contributed by atoms with Gasteiger partial charge in [0.15, 0.2) is 0 Å². The van der Waals surface area contributed by atoms with Crippen molar-refractivity contribution in [1.82, 2.24) is 5.32 Å². The fraction of sp³-hybridized carbons (Fsp3) is 0.889. The average Bonchev–Trinajstić information content (AvgIpc) is 2.49. The van der Waals surface area contributed by atoms with Crippen LogP contribution in [0.25, 0.3) is 0 Å². The molecule has 0 aromatic heterocycles. The number of carboxylic acids is 1. The topological polar surface area (TPSA) is 49.3 Å². The van der Waals surface area contributed by atoms with Crippen molar-refractivity contribution >= 4 is 5.97 Å². The minimum Gasteiger partial charge on any atom is -0.481 e. The average molecular weight is 169 g/mol. The zero-order chi connectivity index (χ0) is 8.55. The number of carboxylic acid groups (broad SMARTS) is 1. The summed E-state index contributed by atoms with van der Waals surface area (Å²) in [5.74, 6) is 0.0691. The third-order valence-corrected chi connectivity index (χ3v) is 3.26. The van der Waals surface area contributed by atoms with Crippen LogP contribution >= 0.6 is 0 Å². The van der Waals surface area contributed by atoms with Gasteiger partial charge in [-0.25, -0.2) is 0 Å². The van der Waals surface area contributed by atoms with E-state index in [2.05, 4.69) is 5.32 Å². The van der Waals surface area contributed by atoms with Crippen LogP contribution in [-0.4, -0.2) is 23.7 Å². The Kier molecular flexibility index (Phi) is 2.05. The van der Waals surface area contributed by atoms with Crippen LogP contribution in [0.3, 0.4) is 0 Å². The lowest BCUT2D eigenvalue weighted by atomic mass is 9.79. The van der Waals surface area contributed by atoms with Gasteiger partial charge in [-0.1, -0.05) is 0 Å². The molecule has 2 fully saturated rings. The van der Waals surface area contributed by atoms with E-state index in [-0.39, 0.29) is 5.92 Å². The first-order chi connectivity index (χ1) is 5.77. The number of hydrogen-bond donors (Lipinski definition) is 2. The molecule has 3 nitrogen and oxygen atoms in total. The van der Waals surface area contributed by atoms with Gasteiger partial charge >= 0.3 is 5.97 Å². The molecule has 68 valence electrons. The maximum Gasteiger partial charge on any atom is 0.306 e. The van der Waals surface area contributed by atoms with Crippen LogP contribution in [0.15, 0.2) is 0 Å². The molecule has 2 N–H and O–H groups in total. The monoisotopic (exact) mass is 169 g/mol. The summed E-state index contributed by atoms with van der Waals surface area (Å²) in [5.41, 5.74) is 0. The fourth-order valence-corrected chi connectivity index (χ4v) is 2.51. The Hall–Kier alpha value is -0.570. The summed E-state index contributed by atoms with van der Waals surface area (Å²) in [6.07, 6.45) is 4.09. The quantitative estimate of drug-likeness (QED) is 0.611. The molecule has 1 saturated carbocycles. The minimum atomic E-state index is -0.609. The highest BCUT2D eigenvalue weighted by atomic mass is 16.4. The third-order valence-electron chi connectivity index (χ3n) is 3.26. The van der Waals surface area contributed by atoms with Crippen LogP contribution in [0.1, 0.15) is 25.7 Å². The van der Waals surface area contributed by atoms with Crippen molar-refractivity contribution in [2.45, 2.75) is 31.7 Å². The van der Waals surface area contributed by atoms with Crippen LogP contribution in [0.4, 0.5) is 0 Å². The molecule has 0 spiro atoms. The van der Waals surface area contributed by atoms with E-state index < -0.39 is 5.97 Å². The smallest absolute Gasteiger partial charge is 0.306 e. The molecule has 2 rings (SSSR count). The molecule has 2 aliphatic rings. The molecule has 1 saturated heterocycles. The summed E-state index contributed by atoms with van der Waals surface area (Å²) in [6.45, 7) is 1.08. The third kappa shape index (κ3) is 1.33.